The smallest absolute Gasteiger partial charge is 0.375 e. The normalized spacial score (nSPS) is 12.1. The number of fused-ring (bicyclic) bond motifs is 1. The van der Waals surface area contributed by atoms with Crippen LogP contribution < -0.4 is 5.32 Å². The van der Waals surface area contributed by atoms with Crippen molar-refractivity contribution in [3.05, 3.63) is 47.4 Å². The molecule has 2 aromatic heterocycles. The van der Waals surface area contributed by atoms with Crippen LogP contribution in [0, 0.1) is 6.92 Å². The number of aryl methyl sites for hydroxylation is 1. The van der Waals surface area contributed by atoms with Crippen molar-refractivity contribution in [2.75, 3.05) is 12.4 Å². The van der Waals surface area contributed by atoms with Crippen molar-refractivity contribution in [3.63, 3.8) is 0 Å². The number of methoxy groups -OCH3 is 1. The van der Waals surface area contributed by atoms with Crippen LogP contribution in [0.4, 0.5) is 5.82 Å². The van der Waals surface area contributed by atoms with Crippen LogP contribution in [0.5, 0.6) is 0 Å². The van der Waals surface area contributed by atoms with Gasteiger partial charge in [-0.3, -0.25) is 4.79 Å². The number of anilines is 1. The molecule has 3 aromatic rings. The average Bonchev–Trinajstić information content (AvgIpc) is 3.19. The van der Waals surface area contributed by atoms with Crippen LogP contribution in [0.1, 0.15) is 28.8 Å². The summed E-state index contributed by atoms with van der Waals surface area (Å²) in [5.74, 6) is -0.455. The predicted molar refractivity (Wildman–Crippen MR) is 91.7 cm³/mol. The van der Waals surface area contributed by atoms with E-state index in [1.165, 1.54) is 14.0 Å². The van der Waals surface area contributed by atoms with Gasteiger partial charge >= 0.3 is 5.97 Å². The first kappa shape index (κ1) is 17.7. The first-order valence-corrected chi connectivity index (χ1v) is 7.94. The van der Waals surface area contributed by atoms with Gasteiger partial charge < -0.3 is 23.7 Å². The molecule has 0 aliphatic carbocycles. The molecule has 0 unspecified atom stereocenters. The third-order valence-electron chi connectivity index (χ3n) is 3.70. The molecule has 0 spiro atoms. The molecular formula is C18H18N2O6. The predicted octanol–water partition coefficient (Wildman–Crippen LogP) is 3.06. The van der Waals surface area contributed by atoms with Gasteiger partial charge in [0.2, 0.25) is 5.76 Å². The van der Waals surface area contributed by atoms with Gasteiger partial charge in [-0.1, -0.05) is 23.4 Å². The largest absolute Gasteiger partial charge is 0.449 e. The first-order chi connectivity index (χ1) is 12.5. The standard InChI is InChI=1S/C18H18N2O6/c1-10-8-15(20-26-10)19-17(21)11(2)24-18(22)16-13(9-23-3)12-6-4-5-7-14(12)25-16/h4-8,11H,9H2,1-3H3,(H,19,20,21)/t11-/m1/s1. The number of rotatable bonds is 6. The minimum Gasteiger partial charge on any atom is -0.449 e. The second kappa shape index (κ2) is 7.40. The van der Waals surface area contributed by atoms with E-state index < -0.39 is 18.0 Å². The zero-order valence-corrected chi connectivity index (χ0v) is 14.6. The Morgan fingerprint density at radius 2 is 2.08 bits per heavy atom. The van der Waals surface area contributed by atoms with Gasteiger partial charge in [-0.2, -0.15) is 0 Å². The summed E-state index contributed by atoms with van der Waals surface area (Å²) in [5.41, 5.74) is 1.12. The molecule has 0 aliphatic rings. The maximum atomic E-state index is 12.5. The topological polar surface area (TPSA) is 104 Å². The molecule has 0 fully saturated rings. The summed E-state index contributed by atoms with van der Waals surface area (Å²) in [6.07, 6.45) is -1.05. The van der Waals surface area contributed by atoms with E-state index in [0.29, 0.717) is 16.9 Å². The highest BCUT2D eigenvalue weighted by Gasteiger charge is 2.26. The fraction of sp³-hybridized carbons (Fsp3) is 0.278. The van der Waals surface area contributed by atoms with Crippen molar-refractivity contribution in [3.8, 4) is 0 Å². The summed E-state index contributed by atoms with van der Waals surface area (Å²) in [7, 11) is 1.52. The Morgan fingerprint density at radius 3 is 2.77 bits per heavy atom. The van der Waals surface area contributed by atoms with Gasteiger partial charge in [-0.05, 0) is 19.9 Å². The fourth-order valence-electron chi connectivity index (χ4n) is 2.47. The lowest BCUT2D eigenvalue weighted by Crippen LogP contribution is -2.30. The molecule has 1 N–H and O–H groups in total. The maximum Gasteiger partial charge on any atom is 0.375 e. The van der Waals surface area contributed by atoms with Gasteiger partial charge in [0, 0.05) is 24.1 Å². The number of ether oxygens (including phenoxy) is 2. The van der Waals surface area contributed by atoms with Crippen LogP contribution in [0.25, 0.3) is 11.0 Å². The number of carbonyl (C=O) groups is 2. The molecule has 3 rings (SSSR count). The zero-order chi connectivity index (χ0) is 18.7. The van der Waals surface area contributed by atoms with Crippen LogP contribution in [-0.4, -0.2) is 30.2 Å². The quantitative estimate of drug-likeness (QED) is 0.675. The highest BCUT2D eigenvalue weighted by molar-refractivity contribution is 5.99. The number of hydrogen-bond acceptors (Lipinski definition) is 7. The number of esters is 1. The van der Waals surface area contributed by atoms with Gasteiger partial charge in [0.05, 0.1) is 6.61 Å². The molecule has 0 aliphatic heterocycles. The van der Waals surface area contributed by atoms with Crippen molar-refractivity contribution in [1.82, 2.24) is 5.16 Å². The SMILES string of the molecule is COCc1c(C(=O)O[C@H](C)C(=O)Nc2cc(C)on2)oc2ccccc12. The van der Waals surface area contributed by atoms with Gasteiger partial charge in [0.15, 0.2) is 11.9 Å². The highest BCUT2D eigenvalue weighted by atomic mass is 16.6. The summed E-state index contributed by atoms with van der Waals surface area (Å²) in [6.45, 7) is 3.34. The minimum atomic E-state index is -1.05. The Hall–Kier alpha value is -3.13. The molecule has 26 heavy (non-hydrogen) atoms. The number of nitrogens with zero attached hydrogens (tertiary/aromatic N) is 1. The van der Waals surface area contributed by atoms with Crippen LogP contribution >= 0.6 is 0 Å². The molecule has 1 amide bonds. The van der Waals surface area contributed by atoms with E-state index in [1.807, 2.05) is 12.1 Å². The Kier molecular flexibility index (Phi) is 5.04. The van der Waals surface area contributed by atoms with Crippen molar-refractivity contribution in [2.24, 2.45) is 0 Å². The van der Waals surface area contributed by atoms with Gasteiger partial charge in [0.25, 0.3) is 5.91 Å². The zero-order valence-electron chi connectivity index (χ0n) is 14.6. The monoisotopic (exact) mass is 358 g/mol. The Bertz CT molecular complexity index is 942. The average molecular weight is 358 g/mol. The summed E-state index contributed by atoms with van der Waals surface area (Å²) >= 11 is 0. The van der Waals surface area contributed by atoms with Gasteiger partial charge in [0.1, 0.15) is 11.3 Å². The second-order valence-corrected chi connectivity index (χ2v) is 5.70. The van der Waals surface area contributed by atoms with Crippen molar-refractivity contribution in [2.45, 2.75) is 26.6 Å². The lowest BCUT2D eigenvalue weighted by atomic mass is 10.1. The number of amides is 1. The lowest BCUT2D eigenvalue weighted by Gasteiger charge is -2.11. The van der Waals surface area contributed by atoms with Crippen LogP contribution in [0.2, 0.25) is 0 Å². The summed E-state index contributed by atoms with van der Waals surface area (Å²) < 4.78 is 20.9. The number of carbonyl (C=O) groups excluding carboxylic acids is 2. The molecule has 8 nitrogen and oxygen atoms in total. The number of para-hydroxylation sites is 1. The molecule has 1 atom stereocenters. The third kappa shape index (κ3) is 3.60. The number of nitrogens with one attached hydrogen (secondary N) is 1. The third-order valence-corrected chi connectivity index (χ3v) is 3.70. The number of furan rings is 1. The summed E-state index contributed by atoms with van der Waals surface area (Å²) in [6, 6.07) is 8.76. The van der Waals surface area contributed by atoms with E-state index in [-0.39, 0.29) is 18.2 Å². The highest BCUT2D eigenvalue weighted by Crippen LogP contribution is 2.27. The molecule has 0 radical (unpaired) electrons. The lowest BCUT2D eigenvalue weighted by molar-refractivity contribution is -0.123. The minimum absolute atomic E-state index is 0.0185. The molecule has 0 saturated carbocycles. The van der Waals surface area contributed by atoms with Crippen molar-refractivity contribution < 1.29 is 28.0 Å². The Labute approximate surface area is 149 Å². The fourth-order valence-corrected chi connectivity index (χ4v) is 2.47. The molecule has 2 heterocycles. The summed E-state index contributed by atoms with van der Waals surface area (Å²) in [5, 5.41) is 6.93. The first-order valence-electron chi connectivity index (χ1n) is 7.94. The number of aromatic nitrogens is 1. The van der Waals surface area contributed by atoms with E-state index in [9.17, 15) is 9.59 Å². The van der Waals surface area contributed by atoms with E-state index in [4.69, 9.17) is 18.4 Å². The molecule has 0 saturated heterocycles. The number of hydrogen-bond donors (Lipinski definition) is 1. The molecule has 8 heteroatoms. The Balaban J connectivity index is 1.75. The van der Waals surface area contributed by atoms with Gasteiger partial charge in [-0.25, -0.2) is 4.79 Å². The van der Waals surface area contributed by atoms with E-state index in [0.717, 1.165) is 5.39 Å². The maximum absolute atomic E-state index is 12.5. The second-order valence-electron chi connectivity index (χ2n) is 5.70. The van der Waals surface area contributed by atoms with Crippen LogP contribution in [0.15, 0.2) is 39.3 Å². The van der Waals surface area contributed by atoms with E-state index in [2.05, 4.69) is 10.5 Å². The van der Waals surface area contributed by atoms with Crippen molar-refractivity contribution in [1.29, 1.82) is 0 Å². The van der Waals surface area contributed by atoms with Crippen molar-refractivity contribution >= 4 is 28.7 Å². The van der Waals surface area contributed by atoms with E-state index in [1.54, 1.807) is 25.1 Å². The molecular weight excluding hydrogens is 340 g/mol. The van der Waals surface area contributed by atoms with Crippen LogP contribution in [-0.2, 0) is 20.9 Å². The van der Waals surface area contributed by atoms with E-state index >= 15 is 0 Å². The summed E-state index contributed by atoms with van der Waals surface area (Å²) in [4.78, 5) is 24.6. The molecule has 1 aromatic carbocycles. The van der Waals surface area contributed by atoms with Gasteiger partial charge in [-0.15, -0.1) is 0 Å². The van der Waals surface area contributed by atoms with Crippen LogP contribution in [0.3, 0.4) is 0 Å². The Morgan fingerprint density at radius 1 is 1.31 bits per heavy atom. The molecule has 0 bridgehead atoms. The molecule has 136 valence electrons. The number of benzene rings is 1.